The molecule has 8 heteroatoms. The van der Waals surface area contributed by atoms with Gasteiger partial charge in [0.1, 0.15) is 17.7 Å². The SMILES string of the molecule is CC.CC.O=C(C1CCN(Cc2cccc(F)c2)CC1)N1CCC(Oc2c(F)cc(F)cc2F)CC1. The van der Waals surface area contributed by atoms with Gasteiger partial charge in [-0.15, -0.1) is 0 Å². The summed E-state index contributed by atoms with van der Waals surface area (Å²) in [5.41, 5.74) is 0.922. The Morgan fingerprint density at radius 2 is 1.42 bits per heavy atom. The maximum absolute atomic E-state index is 13.8. The minimum absolute atomic E-state index is 0.0526. The lowest BCUT2D eigenvalue weighted by atomic mass is 9.93. The van der Waals surface area contributed by atoms with Gasteiger partial charge in [0.05, 0.1) is 0 Å². The Balaban J connectivity index is 0.00000109. The summed E-state index contributed by atoms with van der Waals surface area (Å²) in [6, 6.07) is 7.75. The van der Waals surface area contributed by atoms with Crippen molar-refractivity contribution in [2.45, 2.75) is 66.0 Å². The molecular weight excluding hydrogens is 472 g/mol. The van der Waals surface area contributed by atoms with Crippen LogP contribution in [0.3, 0.4) is 0 Å². The topological polar surface area (TPSA) is 32.8 Å². The summed E-state index contributed by atoms with van der Waals surface area (Å²) < 4.78 is 59.5. The maximum Gasteiger partial charge on any atom is 0.225 e. The Labute approximate surface area is 212 Å². The zero-order valence-corrected chi connectivity index (χ0v) is 21.7. The number of piperidine rings is 2. The van der Waals surface area contributed by atoms with E-state index in [4.69, 9.17) is 4.74 Å². The molecule has 2 aromatic rings. The van der Waals surface area contributed by atoms with Crippen molar-refractivity contribution in [3.63, 3.8) is 0 Å². The first kappa shape index (κ1) is 29.6. The van der Waals surface area contributed by atoms with Gasteiger partial charge in [0.25, 0.3) is 0 Å². The molecule has 2 aromatic carbocycles. The summed E-state index contributed by atoms with van der Waals surface area (Å²) in [5.74, 6) is -3.88. The van der Waals surface area contributed by atoms with Crippen LogP contribution in [0.2, 0.25) is 0 Å². The third kappa shape index (κ3) is 8.22. The van der Waals surface area contributed by atoms with Crippen LogP contribution in [-0.2, 0) is 11.3 Å². The van der Waals surface area contributed by atoms with E-state index in [2.05, 4.69) is 4.90 Å². The van der Waals surface area contributed by atoms with Crippen LogP contribution in [0.5, 0.6) is 5.75 Å². The zero-order valence-electron chi connectivity index (χ0n) is 21.7. The molecule has 0 atom stereocenters. The molecule has 4 rings (SSSR count). The number of likely N-dealkylation sites (tertiary alicyclic amines) is 2. The number of halogens is 4. The van der Waals surface area contributed by atoms with Gasteiger partial charge >= 0.3 is 0 Å². The van der Waals surface area contributed by atoms with Crippen molar-refractivity contribution in [1.82, 2.24) is 9.80 Å². The van der Waals surface area contributed by atoms with E-state index in [9.17, 15) is 22.4 Å². The average Bonchev–Trinajstić information content (AvgIpc) is 2.89. The van der Waals surface area contributed by atoms with Crippen molar-refractivity contribution in [3.8, 4) is 5.75 Å². The van der Waals surface area contributed by atoms with Crippen molar-refractivity contribution in [2.75, 3.05) is 26.2 Å². The van der Waals surface area contributed by atoms with Gasteiger partial charge in [-0.25, -0.2) is 17.6 Å². The number of rotatable bonds is 5. The molecule has 2 aliphatic rings. The highest BCUT2D eigenvalue weighted by Gasteiger charge is 2.32. The lowest BCUT2D eigenvalue weighted by Gasteiger charge is -2.37. The van der Waals surface area contributed by atoms with Crippen molar-refractivity contribution in [1.29, 1.82) is 0 Å². The minimum Gasteiger partial charge on any atom is -0.484 e. The second-order valence-electron chi connectivity index (χ2n) is 8.52. The number of carbonyl (C=O) groups is 1. The molecule has 2 heterocycles. The molecule has 36 heavy (non-hydrogen) atoms. The van der Waals surface area contributed by atoms with Gasteiger partial charge in [-0.05, 0) is 43.6 Å². The molecule has 0 spiro atoms. The van der Waals surface area contributed by atoms with E-state index >= 15 is 0 Å². The van der Waals surface area contributed by atoms with E-state index in [1.807, 2.05) is 33.8 Å². The third-order valence-corrected chi connectivity index (χ3v) is 6.23. The van der Waals surface area contributed by atoms with E-state index in [0.29, 0.717) is 44.6 Å². The van der Waals surface area contributed by atoms with Crippen LogP contribution >= 0.6 is 0 Å². The molecule has 0 bridgehead atoms. The molecule has 2 aliphatic heterocycles. The van der Waals surface area contributed by atoms with Gasteiger partial charge in [0, 0.05) is 50.5 Å². The van der Waals surface area contributed by atoms with Crippen LogP contribution in [0.25, 0.3) is 0 Å². The second-order valence-corrected chi connectivity index (χ2v) is 8.52. The molecule has 0 aliphatic carbocycles. The largest absolute Gasteiger partial charge is 0.484 e. The number of amides is 1. The van der Waals surface area contributed by atoms with Gasteiger partial charge in [-0.1, -0.05) is 39.8 Å². The smallest absolute Gasteiger partial charge is 0.225 e. The van der Waals surface area contributed by atoms with Gasteiger partial charge in [0.2, 0.25) is 5.91 Å². The molecule has 2 fully saturated rings. The Morgan fingerprint density at radius 1 is 0.833 bits per heavy atom. The number of carbonyl (C=O) groups excluding carboxylic acids is 1. The van der Waals surface area contributed by atoms with E-state index in [1.165, 1.54) is 12.1 Å². The van der Waals surface area contributed by atoms with Gasteiger partial charge < -0.3 is 9.64 Å². The fourth-order valence-electron chi connectivity index (χ4n) is 4.49. The van der Waals surface area contributed by atoms with E-state index in [-0.39, 0.29) is 17.6 Å². The highest BCUT2D eigenvalue weighted by atomic mass is 19.1. The predicted octanol–water partition coefficient (Wildman–Crippen LogP) is 6.58. The number of hydrogen-bond donors (Lipinski definition) is 0. The third-order valence-electron chi connectivity index (χ3n) is 6.23. The Morgan fingerprint density at radius 3 is 1.97 bits per heavy atom. The standard InChI is InChI=1S/C24H26F4N2O2.2C2H6/c25-18-3-1-2-16(12-18)15-29-8-4-17(5-9-29)24(31)30-10-6-20(7-11-30)32-23-21(27)13-19(26)14-22(23)28;2*1-2/h1-3,12-14,17,20H,4-11,15H2;2*1-2H3. The van der Waals surface area contributed by atoms with E-state index in [1.54, 1.807) is 11.0 Å². The quantitative estimate of drug-likeness (QED) is 0.426. The van der Waals surface area contributed by atoms with E-state index < -0.39 is 29.3 Å². The normalized spacial score (nSPS) is 16.9. The van der Waals surface area contributed by atoms with Crippen LogP contribution < -0.4 is 4.74 Å². The van der Waals surface area contributed by atoms with Crippen molar-refractivity contribution in [2.24, 2.45) is 5.92 Å². The van der Waals surface area contributed by atoms with E-state index in [0.717, 1.165) is 31.5 Å². The highest BCUT2D eigenvalue weighted by molar-refractivity contribution is 5.79. The fourth-order valence-corrected chi connectivity index (χ4v) is 4.49. The monoisotopic (exact) mass is 510 g/mol. The summed E-state index contributed by atoms with van der Waals surface area (Å²) in [6.45, 7) is 11.1. The molecule has 1 amide bonds. The molecule has 0 unspecified atom stereocenters. The fraction of sp³-hybridized carbons (Fsp3) is 0.536. The first-order chi connectivity index (χ1) is 17.4. The molecular formula is C28H38F4N2O2. The lowest BCUT2D eigenvalue weighted by molar-refractivity contribution is -0.139. The first-order valence-corrected chi connectivity index (χ1v) is 13.0. The molecule has 2 saturated heterocycles. The predicted molar refractivity (Wildman–Crippen MR) is 134 cm³/mol. The summed E-state index contributed by atoms with van der Waals surface area (Å²) in [7, 11) is 0. The second kappa shape index (κ2) is 14.8. The van der Waals surface area contributed by atoms with Crippen LogP contribution in [0.15, 0.2) is 36.4 Å². The lowest BCUT2D eigenvalue weighted by Crippen LogP contribution is -2.47. The van der Waals surface area contributed by atoms with Gasteiger partial charge in [-0.3, -0.25) is 9.69 Å². The average molecular weight is 511 g/mol. The van der Waals surface area contributed by atoms with Gasteiger partial charge in [-0.2, -0.15) is 0 Å². The molecule has 0 radical (unpaired) electrons. The van der Waals surface area contributed by atoms with Crippen LogP contribution in [0.1, 0.15) is 58.9 Å². The summed E-state index contributed by atoms with van der Waals surface area (Å²) in [4.78, 5) is 17.0. The number of benzene rings is 2. The minimum atomic E-state index is -1.06. The Hall–Kier alpha value is -2.61. The highest BCUT2D eigenvalue weighted by Crippen LogP contribution is 2.28. The molecule has 0 saturated carbocycles. The molecule has 200 valence electrons. The summed E-state index contributed by atoms with van der Waals surface area (Å²) in [5, 5.41) is 0. The molecule has 0 aromatic heterocycles. The number of nitrogens with zero attached hydrogens (tertiary/aromatic N) is 2. The van der Waals surface area contributed by atoms with Crippen LogP contribution in [-0.4, -0.2) is 48.0 Å². The van der Waals surface area contributed by atoms with Crippen molar-refractivity contribution in [3.05, 3.63) is 65.2 Å². The van der Waals surface area contributed by atoms with Crippen LogP contribution in [0, 0.1) is 29.2 Å². The number of ether oxygens (including phenoxy) is 1. The molecule has 0 N–H and O–H groups in total. The Kier molecular flexibility index (Phi) is 12.2. The summed E-state index contributed by atoms with van der Waals surface area (Å²) >= 11 is 0. The van der Waals surface area contributed by atoms with Crippen molar-refractivity contribution >= 4 is 5.91 Å². The molecule has 4 nitrogen and oxygen atoms in total. The zero-order chi connectivity index (χ0) is 26.7. The van der Waals surface area contributed by atoms with Crippen molar-refractivity contribution < 1.29 is 27.1 Å². The Bertz CT molecular complexity index is 933. The summed E-state index contributed by atoms with van der Waals surface area (Å²) in [6.07, 6.45) is 1.98. The van der Waals surface area contributed by atoms with Crippen LogP contribution in [0.4, 0.5) is 17.6 Å². The number of hydrogen-bond acceptors (Lipinski definition) is 3. The first-order valence-electron chi connectivity index (χ1n) is 13.0. The maximum atomic E-state index is 13.8. The van der Waals surface area contributed by atoms with Gasteiger partial charge in [0.15, 0.2) is 17.4 Å².